The van der Waals surface area contributed by atoms with E-state index in [0.29, 0.717) is 11.2 Å². The van der Waals surface area contributed by atoms with E-state index < -0.39 is 24.6 Å². The van der Waals surface area contributed by atoms with E-state index in [1.165, 1.54) is 31.4 Å². The van der Waals surface area contributed by atoms with E-state index in [0.717, 1.165) is 12.8 Å². The molecule has 1 aromatic carbocycles. The van der Waals surface area contributed by atoms with Gasteiger partial charge < -0.3 is 18.8 Å². The van der Waals surface area contributed by atoms with Crippen molar-refractivity contribution >= 4 is 12.6 Å². The fourth-order valence-corrected chi connectivity index (χ4v) is 3.46. The van der Waals surface area contributed by atoms with Gasteiger partial charge in [-0.25, -0.2) is 4.39 Å². The van der Waals surface area contributed by atoms with Crippen molar-refractivity contribution < 1.29 is 23.2 Å². The first kappa shape index (κ1) is 19.7. The van der Waals surface area contributed by atoms with Gasteiger partial charge in [0.1, 0.15) is 11.6 Å². The minimum absolute atomic E-state index is 0.236. The molecular weight excluding hydrogens is 334 g/mol. The number of halogens is 1. The van der Waals surface area contributed by atoms with Crippen molar-refractivity contribution in [3.8, 4) is 5.75 Å². The predicted octanol–water partition coefficient (Wildman–Crippen LogP) is 4.20. The second kappa shape index (κ2) is 7.49. The third-order valence-electron chi connectivity index (χ3n) is 5.71. The van der Waals surface area contributed by atoms with Crippen molar-refractivity contribution in [2.45, 2.75) is 90.3 Å². The lowest BCUT2D eigenvalue weighted by molar-refractivity contribution is -0.116. The number of hydrogen-bond acceptors (Lipinski definition) is 4. The Labute approximate surface area is 156 Å². The molecule has 1 heterocycles. The lowest BCUT2D eigenvalue weighted by Crippen LogP contribution is -2.41. The van der Waals surface area contributed by atoms with Gasteiger partial charge in [-0.3, -0.25) is 0 Å². The Morgan fingerprint density at radius 3 is 2.31 bits per heavy atom. The zero-order valence-corrected chi connectivity index (χ0v) is 16.5. The highest BCUT2D eigenvalue weighted by Crippen LogP contribution is 2.37. The van der Waals surface area contributed by atoms with Gasteiger partial charge in [0.2, 0.25) is 0 Å². The van der Waals surface area contributed by atoms with E-state index in [1.807, 2.05) is 34.6 Å². The Morgan fingerprint density at radius 1 is 1.08 bits per heavy atom. The Morgan fingerprint density at radius 2 is 1.69 bits per heavy atom. The molecule has 1 unspecified atom stereocenters. The first-order valence-corrected chi connectivity index (χ1v) is 9.65. The topological polar surface area (TPSA) is 36.9 Å². The van der Waals surface area contributed by atoms with Crippen molar-refractivity contribution in [1.29, 1.82) is 0 Å². The van der Waals surface area contributed by atoms with Crippen LogP contribution in [0.1, 0.15) is 66.7 Å². The van der Waals surface area contributed by atoms with Crippen LogP contribution in [0.25, 0.3) is 0 Å². The molecule has 26 heavy (non-hydrogen) atoms. The average molecular weight is 364 g/mol. The molecule has 1 aliphatic carbocycles. The maximum absolute atomic E-state index is 13.9. The Kier molecular flexibility index (Phi) is 5.66. The van der Waals surface area contributed by atoms with Gasteiger partial charge >= 0.3 is 7.12 Å². The standard InChI is InChI=1S/C20H30BFO4/c1-14(23-16-9-7-6-8-10-16)24-18-12-11-15(22)13-17(18)21-25-19(2,3)20(4,5)26-21/h11-14,16H,6-10H2,1-5H3. The zero-order valence-electron chi connectivity index (χ0n) is 16.5. The molecule has 1 saturated carbocycles. The van der Waals surface area contributed by atoms with Gasteiger partial charge in [-0.05, 0) is 65.7 Å². The molecule has 2 fully saturated rings. The third-order valence-corrected chi connectivity index (χ3v) is 5.71. The van der Waals surface area contributed by atoms with Crippen molar-refractivity contribution in [3.63, 3.8) is 0 Å². The minimum atomic E-state index is -0.674. The lowest BCUT2D eigenvalue weighted by Gasteiger charge is -2.32. The van der Waals surface area contributed by atoms with Gasteiger partial charge in [0, 0.05) is 5.46 Å². The van der Waals surface area contributed by atoms with Gasteiger partial charge in [-0.2, -0.15) is 0 Å². The first-order valence-electron chi connectivity index (χ1n) is 9.65. The van der Waals surface area contributed by atoms with Crippen LogP contribution in [0.3, 0.4) is 0 Å². The maximum atomic E-state index is 13.9. The number of benzene rings is 1. The molecule has 0 bridgehead atoms. The van der Waals surface area contributed by atoms with Crippen LogP contribution in [0.2, 0.25) is 0 Å². The molecule has 144 valence electrons. The molecular formula is C20H30BFO4. The SMILES string of the molecule is CC(Oc1ccc(F)cc1B1OC(C)(C)C(C)(C)O1)OC1CCCCC1. The molecule has 1 aromatic rings. The molecule has 2 aliphatic rings. The van der Waals surface area contributed by atoms with Gasteiger partial charge in [0.25, 0.3) is 0 Å². The number of hydrogen-bond donors (Lipinski definition) is 0. The summed E-state index contributed by atoms with van der Waals surface area (Å²) < 4.78 is 38.1. The number of ether oxygens (including phenoxy) is 2. The zero-order chi connectivity index (χ0) is 18.9. The molecule has 0 aromatic heterocycles. The molecule has 4 nitrogen and oxygen atoms in total. The molecule has 0 amide bonds. The minimum Gasteiger partial charge on any atom is -0.466 e. The molecule has 1 aliphatic heterocycles. The van der Waals surface area contributed by atoms with Crippen molar-refractivity contribution in [2.75, 3.05) is 0 Å². The molecule has 1 atom stereocenters. The molecule has 3 rings (SSSR count). The van der Waals surface area contributed by atoms with E-state index in [9.17, 15) is 4.39 Å². The Bertz CT molecular complexity index is 612. The van der Waals surface area contributed by atoms with Crippen LogP contribution < -0.4 is 10.2 Å². The van der Waals surface area contributed by atoms with Crippen LogP contribution in [-0.2, 0) is 14.0 Å². The highest BCUT2D eigenvalue weighted by Gasteiger charge is 2.52. The second-order valence-corrected chi connectivity index (χ2v) is 8.35. The summed E-state index contributed by atoms with van der Waals surface area (Å²) in [5.74, 6) is 0.191. The average Bonchev–Trinajstić information content (AvgIpc) is 2.78. The van der Waals surface area contributed by atoms with Crippen LogP contribution in [0.5, 0.6) is 5.75 Å². The fraction of sp³-hybridized carbons (Fsp3) is 0.700. The van der Waals surface area contributed by atoms with Crippen molar-refractivity contribution in [3.05, 3.63) is 24.0 Å². The predicted molar refractivity (Wildman–Crippen MR) is 100 cm³/mol. The van der Waals surface area contributed by atoms with Gasteiger partial charge in [0.05, 0.1) is 17.3 Å². The third kappa shape index (κ3) is 4.24. The summed E-state index contributed by atoms with van der Waals surface area (Å²) in [5, 5.41) is 0. The van der Waals surface area contributed by atoms with Gasteiger partial charge in [-0.1, -0.05) is 19.3 Å². The smallest absolute Gasteiger partial charge is 0.466 e. The van der Waals surface area contributed by atoms with Crippen molar-refractivity contribution in [1.82, 2.24) is 0 Å². The summed E-state index contributed by atoms with van der Waals surface area (Å²) in [6.07, 6.45) is 5.64. The molecule has 1 saturated heterocycles. The second-order valence-electron chi connectivity index (χ2n) is 8.35. The van der Waals surface area contributed by atoms with Crippen LogP contribution >= 0.6 is 0 Å². The van der Waals surface area contributed by atoms with Crippen LogP contribution in [-0.4, -0.2) is 30.7 Å². The molecule has 0 radical (unpaired) electrons. The lowest BCUT2D eigenvalue weighted by atomic mass is 9.78. The Balaban J connectivity index is 1.74. The van der Waals surface area contributed by atoms with E-state index in [4.69, 9.17) is 18.8 Å². The van der Waals surface area contributed by atoms with E-state index >= 15 is 0 Å². The summed E-state index contributed by atoms with van der Waals surface area (Å²) >= 11 is 0. The molecule has 6 heteroatoms. The van der Waals surface area contributed by atoms with E-state index in [-0.39, 0.29) is 11.9 Å². The fourth-order valence-electron chi connectivity index (χ4n) is 3.46. The highest BCUT2D eigenvalue weighted by molar-refractivity contribution is 6.63. The summed E-state index contributed by atoms with van der Waals surface area (Å²) in [6, 6.07) is 4.43. The molecule has 0 N–H and O–H groups in total. The first-order chi connectivity index (χ1) is 12.2. The van der Waals surface area contributed by atoms with Crippen LogP contribution in [0.15, 0.2) is 18.2 Å². The van der Waals surface area contributed by atoms with Crippen molar-refractivity contribution in [2.24, 2.45) is 0 Å². The quantitative estimate of drug-likeness (QED) is 0.580. The normalized spacial score (nSPS) is 23.8. The largest absolute Gasteiger partial charge is 0.498 e. The summed E-state index contributed by atoms with van der Waals surface area (Å²) in [6.45, 7) is 9.78. The monoisotopic (exact) mass is 364 g/mol. The maximum Gasteiger partial charge on any atom is 0.498 e. The van der Waals surface area contributed by atoms with Gasteiger partial charge in [0.15, 0.2) is 6.29 Å². The van der Waals surface area contributed by atoms with Crippen LogP contribution in [0, 0.1) is 5.82 Å². The molecule has 0 spiro atoms. The van der Waals surface area contributed by atoms with E-state index in [1.54, 1.807) is 6.07 Å². The number of rotatable bonds is 5. The summed E-state index contributed by atoms with van der Waals surface area (Å²) in [5.41, 5.74) is -0.431. The highest BCUT2D eigenvalue weighted by atomic mass is 19.1. The Hall–Kier alpha value is -1.11. The van der Waals surface area contributed by atoms with Gasteiger partial charge in [-0.15, -0.1) is 0 Å². The van der Waals surface area contributed by atoms with Crippen LogP contribution in [0.4, 0.5) is 4.39 Å². The summed E-state index contributed by atoms with van der Waals surface area (Å²) in [7, 11) is -0.674. The summed E-state index contributed by atoms with van der Waals surface area (Å²) in [4.78, 5) is 0. The van der Waals surface area contributed by atoms with E-state index in [2.05, 4.69) is 0 Å².